The van der Waals surface area contributed by atoms with Gasteiger partial charge in [-0.2, -0.15) is 0 Å². The number of aryl methyl sites for hydroxylation is 1. The molecule has 1 aliphatic carbocycles. The van der Waals surface area contributed by atoms with Crippen molar-refractivity contribution in [1.82, 2.24) is 4.90 Å². The summed E-state index contributed by atoms with van der Waals surface area (Å²) >= 11 is 0. The molecule has 0 aromatic heterocycles. The van der Waals surface area contributed by atoms with E-state index in [2.05, 4.69) is 18.7 Å². The molecule has 0 amide bonds. The minimum Gasteiger partial charge on any atom is -0.329 e. The van der Waals surface area contributed by atoms with E-state index in [1.165, 1.54) is 25.7 Å². The van der Waals surface area contributed by atoms with Crippen LogP contribution in [0.3, 0.4) is 0 Å². The first-order valence-electron chi connectivity index (χ1n) is 8.24. The van der Waals surface area contributed by atoms with Gasteiger partial charge in [-0.05, 0) is 42.9 Å². The first-order chi connectivity index (χ1) is 10.0. The van der Waals surface area contributed by atoms with Crippen LogP contribution in [0.2, 0.25) is 0 Å². The zero-order valence-electron chi connectivity index (χ0n) is 13.6. The van der Waals surface area contributed by atoms with Crippen LogP contribution in [0.15, 0.2) is 18.2 Å². The molecule has 2 rings (SSSR count). The van der Waals surface area contributed by atoms with Crippen molar-refractivity contribution >= 4 is 0 Å². The molecular formula is C18H29FN2. The Morgan fingerprint density at radius 2 is 1.95 bits per heavy atom. The third-order valence-corrected chi connectivity index (χ3v) is 4.57. The van der Waals surface area contributed by atoms with Gasteiger partial charge in [0.25, 0.3) is 0 Å². The van der Waals surface area contributed by atoms with Crippen LogP contribution in [0.25, 0.3) is 0 Å². The molecule has 1 atom stereocenters. The molecular weight excluding hydrogens is 263 g/mol. The maximum absolute atomic E-state index is 13.9. The molecule has 21 heavy (non-hydrogen) atoms. The average molecular weight is 292 g/mol. The zero-order chi connectivity index (χ0) is 15.4. The van der Waals surface area contributed by atoms with Gasteiger partial charge in [0.1, 0.15) is 5.82 Å². The first-order valence-corrected chi connectivity index (χ1v) is 8.24. The van der Waals surface area contributed by atoms with E-state index >= 15 is 0 Å². The van der Waals surface area contributed by atoms with E-state index in [9.17, 15) is 4.39 Å². The van der Waals surface area contributed by atoms with Crippen LogP contribution in [0.5, 0.6) is 0 Å². The molecule has 0 heterocycles. The van der Waals surface area contributed by atoms with Gasteiger partial charge in [-0.15, -0.1) is 0 Å². The molecule has 1 fully saturated rings. The summed E-state index contributed by atoms with van der Waals surface area (Å²) in [6, 6.07) is 6.32. The monoisotopic (exact) mass is 292 g/mol. The van der Waals surface area contributed by atoms with Crippen molar-refractivity contribution in [3.63, 3.8) is 0 Å². The van der Waals surface area contributed by atoms with Crippen LogP contribution >= 0.6 is 0 Å². The molecule has 0 saturated heterocycles. The summed E-state index contributed by atoms with van der Waals surface area (Å²) in [6.07, 6.45) is 5.10. The maximum Gasteiger partial charge on any atom is 0.126 e. The molecule has 2 nitrogen and oxygen atoms in total. The molecule has 118 valence electrons. The minimum atomic E-state index is -0.123. The Balaban J connectivity index is 2.26. The average Bonchev–Trinajstić information content (AvgIpc) is 2.96. The second-order valence-corrected chi connectivity index (χ2v) is 6.79. The van der Waals surface area contributed by atoms with Gasteiger partial charge < -0.3 is 5.73 Å². The summed E-state index contributed by atoms with van der Waals surface area (Å²) in [5.74, 6) is 0.469. The van der Waals surface area contributed by atoms with Crippen molar-refractivity contribution in [2.75, 3.05) is 13.1 Å². The van der Waals surface area contributed by atoms with Crippen molar-refractivity contribution < 1.29 is 4.39 Å². The van der Waals surface area contributed by atoms with Gasteiger partial charge in [0, 0.05) is 25.2 Å². The second-order valence-electron chi connectivity index (χ2n) is 6.79. The van der Waals surface area contributed by atoms with Crippen molar-refractivity contribution in [1.29, 1.82) is 0 Å². The van der Waals surface area contributed by atoms with Crippen LogP contribution < -0.4 is 5.73 Å². The molecule has 0 aliphatic heterocycles. The Morgan fingerprint density at radius 1 is 1.29 bits per heavy atom. The lowest BCUT2D eigenvalue weighted by molar-refractivity contribution is 0.121. The highest BCUT2D eigenvalue weighted by Gasteiger charge is 2.29. The predicted octanol–water partition coefficient (Wildman–Crippen LogP) is 4.03. The van der Waals surface area contributed by atoms with Gasteiger partial charge >= 0.3 is 0 Å². The van der Waals surface area contributed by atoms with Crippen LogP contribution in [0.1, 0.15) is 56.7 Å². The number of hydrogen-bond donors (Lipinski definition) is 1. The van der Waals surface area contributed by atoms with Gasteiger partial charge in [-0.1, -0.05) is 38.8 Å². The topological polar surface area (TPSA) is 29.3 Å². The lowest BCUT2D eigenvalue weighted by Crippen LogP contribution is -2.42. The van der Waals surface area contributed by atoms with E-state index in [0.717, 1.165) is 12.1 Å². The van der Waals surface area contributed by atoms with Gasteiger partial charge in [-0.3, -0.25) is 4.90 Å². The number of halogens is 1. The zero-order valence-corrected chi connectivity index (χ0v) is 13.6. The van der Waals surface area contributed by atoms with E-state index in [4.69, 9.17) is 5.73 Å². The summed E-state index contributed by atoms with van der Waals surface area (Å²) in [7, 11) is 0. The van der Waals surface area contributed by atoms with Crippen molar-refractivity contribution in [2.45, 2.75) is 58.5 Å². The fourth-order valence-electron chi connectivity index (χ4n) is 3.47. The van der Waals surface area contributed by atoms with Crippen molar-refractivity contribution in [3.05, 3.63) is 35.1 Å². The quantitative estimate of drug-likeness (QED) is 0.857. The Bertz CT molecular complexity index is 453. The van der Waals surface area contributed by atoms with Gasteiger partial charge in [0.15, 0.2) is 0 Å². The van der Waals surface area contributed by atoms with Crippen LogP contribution in [0, 0.1) is 18.7 Å². The van der Waals surface area contributed by atoms with Gasteiger partial charge in [-0.25, -0.2) is 4.39 Å². The van der Waals surface area contributed by atoms with E-state index < -0.39 is 0 Å². The molecule has 3 heteroatoms. The molecule has 1 saturated carbocycles. The van der Waals surface area contributed by atoms with Crippen LogP contribution in [-0.2, 0) is 0 Å². The first kappa shape index (κ1) is 16.4. The van der Waals surface area contributed by atoms with E-state index in [-0.39, 0.29) is 11.9 Å². The Kier molecular flexibility index (Phi) is 5.77. The summed E-state index contributed by atoms with van der Waals surface area (Å²) < 4.78 is 13.9. The normalized spacial score (nSPS) is 17.9. The number of nitrogens with two attached hydrogens (primary N) is 1. The Labute approximate surface area is 128 Å². The summed E-state index contributed by atoms with van der Waals surface area (Å²) in [6.45, 7) is 7.86. The van der Waals surface area contributed by atoms with E-state index in [1.807, 2.05) is 12.1 Å². The molecule has 1 unspecified atom stereocenters. The summed E-state index contributed by atoms with van der Waals surface area (Å²) in [4.78, 5) is 2.53. The van der Waals surface area contributed by atoms with Crippen molar-refractivity contribution in [2.24, 2.45) is 11.7 Å². The standard InChI is InChI=1S/C18H29FN2/c1-13(2)12-21(16-6-4-5-7-16)18(11-20)15-9-8-14(3)17(19)10-15/h8-10,13,16,18H,4-7,11-12,20H2,1-3H3. The highest BCUT2D eigenvalue weighted by Crippen LogP contribution is 2.32. The van der Waals surface area contributed by atoms with Crippen LogP contribution in [0.4, 0.5) is 4.39 Å². The highest BCUT2D eigenvalue weighted by atomic mass is 19.1. The number of hydrogen-bond acceptors (Lipinski definition) is 2. The molecule has 1 aromatic rings. The number of benzene rings is 1. The third-order valence-electron chi connectivity index (χ3n) is 4.57. The molecule has 2 N–H and O–H groups in total. The molecule has 0 spiro atoms. The fourth-order valence-corrected chi connectivity index (χ4v) is 3.47. The van der Waals surface area contributed by atoms with E-state index in [0.29, 0.717) is 24.1 Å². The van der Waals surface area contributed by atoms with Gasteiger partial charge in [0.05, 0.1) is 0 Å². The highest BCUT2D eigenvalue weighted by molar-refractivity contribution is 5.26. The third kappa shape index (κ3) is 4.04. The van der Waals surface area contributed by atoms with Crippen LogP contribution in [-0.4, -0.2) is 24.0 Å². The maximum atomic E-state index is 13.9. The summed E-state index contributed by atoms with van der Waals surface area (Å²) in [5.41, 5.74) is 7.79. The second kappa shape index (κ2) is 7.37. The van der Waals surface area contributed by atoms with Crippen molar-refractivity contribution in [3.8, 4) is 0 Å². The molecule has 1 aromatic carbocycles. The Morgan fingerprint density at radius 3 is 2.48 bits per heavy atom. The SMILES string of the molecule is Cc1ccc(C(CN)N(CC(C)C)C2CCCC2)cc1F. The van der Waals surface area contributed by atoms with E-state index in [1.54, 1.807) is 13.0 Å². The molecule has 0 bridgehead atoms. The predicted molar refractivity (Wildman–Crippen MR) is 86.7 cm³/mol. The molecule has 1 aliphatic rings. The minimum absolute atomic E-state index is 0.123. The largest absolute Gasteiger partial charge is 0.329 e. The van der Waals surface area contributed by atoms with Gasteiger partial charge in [0.2, 0.25) is 0 Å². The smallest absolute Gasteiger partial charge is 0.126 e. The lowest BCUT2D eigenvalue weighted by atomic mass is 9.99. The molecule has 0 radical (unpaired) electrons. The lowest BCUT2D eigenvalue weighted by Gasteiger charge is -2.37. The Hall–Kier alpha value is -0.930. The number of nitrogens with zero attached hydrogens (tertiary/aromatic N) is 1. The summed E-state index contributed by atoms with van der Waals surface area (Å²) in [5, 5.41) is 0. The fraction of sp³-hybridized carbons (Fsp3) is 0.667. The number of rotatable bonds is 6.